The molecule has 156 valence electrons. The first-order valence-electron chi connectivity index (χ1n) is 10.2. The van der Waals surface area contributed by atoms with E-state index in [0.29, 0.717) is 17.1 Å². The summed E-state index contributed by atoms with van der Waals surface area (Å²) in [5.41, 5.74) is 5.71. The van der Waals surface area contributed by atoms with Crippen molar-refractivity contribution < 1.29 is 14.3 Å². The molecular formula is C25H23N3O3. The fourth-order valence-corrected chi connectivity index (χ4v) is 4.64. The van der Waals surface area contributed by atoms with Gasteiger partial charge in [-0.3, -0.25) is 9.78 Å². The summed E-state index contributed by atoms with van der Waals surface area (Å²) in [6.07, 6.45) is 4.30. The molecule has 0 N–H and O–H groups in total. The highest BCUT2D eigenvalue weighted by Gasteiger charge is 2.46. The number of aryl methyl sites for hydroxylation is 1. The molecule has 0 spiro atoms. The van der Waals surface area contributed by atoms with Crippen molar-refractivity contribution >= 4 is 11.6 Å². The van der Waals surface area contributed by atoms with Crippen LogP contribution in [0.1, 0.15) is 38.7 Å². The number of ether oxygens (including phenoxy) is 2. The minimum absolute atomic E-state index is 0.0576. The average Bonchev–Trinajstić information content (AvgIpc) is 3.34. The van der Waals surface area contributed by atoms with Gasteiger partial charge < -0.3 is 9.47 Å². The van der Waals surface area contributed by atoms with E-state index in [-0.39, 0.29) is 17.9 Å². The summed E-state index contributed by atoms with van der Waals surface area (Å²) in [5, 5.41) is 6.53. The molecule has 2 aliphatic rings. The minimum Gasteiger partial charge on any atom is -0.493 e. The van der Waals surface area contributed by atoms with Gasteiger partial charge in [0, 0.05) is 29.4 Å². The Labute approximate surface area is 181 Å². The second-order valence-corrected chi connectivity index (χ2v) is 7.85. The monoisotopic (exact) mass is 413 g/mol. The molecule has 0 bridgehead atoms. The molecule has 0 saturated carbocycles. The summed E-state index contributed by atoms with van der Waals surface area (Å²) in [4.78, 5) is 17.7. The van der Waals surface area contributed by atoms with Gasteiger partial charge in [0.1, 0.15) is 0 Å². The van der Waals surface area contributed by atoms with Crippen molar-refractivity contribution in [2.75, 3.05) is 14.2 Å². The van der Waals surface area contributed by atoms with Crippen LogP contribution in [0.4, 0.5) is 0 Å². The third-order valence-corrected chi connectivity index (χ3v) is 6.17. The Kier molecular flexibility index (Phi) is 4.70. The quantitative estimate of drug-likeness (QED) is 0.644. The van der Waals surface area contributed by atoms with Gasteiger partial charge in [-0.1, -0.05) is 18.2 Å². The van der Waals surface area contributed by atoms with E-state index in [9.17, 15) is 4.79 Å². The molecule has 6 nitrogen and oxygen atoms in total. The fourth-order valence-electron chi connectivity index (χ4n) is 4.64. The van der Waals surface area contributed by atoms with Crippen LogP contribution >= 0.6 is 0 Å². The molecule has 1 aromatic heterocycles. The first kappa shape index (κ1) is 19.3. The molecular weight excluding hydrogens is 390 g/mol. The zero-order chi connectivity index (χ0) is 21.5. The number of pyridine rings is 1. The lowest BCUT2D eigenvalue weighted by molar-refractivity contribution is 0.0683. The average molecular weight is 413 g/mol. The number of hydrogen-bond donors (Lipinski definition) is 0. The van der Waals surface area contributed by atoms with E-state index in [2.05, 4.69) is 4.98 Å². The van der Waals surface area contributed by atoms with Crippen molar-refractivity contribution in [3.05, 3.63) is 88.7 Å². The van der Waals surface area contributed by atoms with Crippen molar-refractivity contribution in [3.63, 3.8) is 0 Å². The maximum atomic E-state index is 13.6. The Hall–Kier alpha value is -3.67. The summed E-state index contributed by atoms with van der Waals surface area (Å²) in [6, 6.07) is 15.4. The van der Waals surface area contributed by atoms with Crippen molar-refractivity contribution in [1.29, 1.82) is 0 Å². The predicted octanol–water partition coefficient (Wildman–Crippen LogP) is 4.18. The molecule has 2 unspecified atom stereocenters. The Morgan fingerprint density at radius 2 is 1.74 bits per heavy atom. The van der Waals surface area contributed by atoms with Gasteiger partial charge in [0.25, 0.3) is 5.91 Å². The van der Waals surface area contributed by atoms with Crippen LogP contribution in [0, 0.1) is 12.8 Å². The maximum Gasteiger partial charge on any atom is 0.274 e. The second-order valence-electron chi connectivity index (χ2n) is 7.85. The molecule has 0 saturated heterocycles. The predicted molar refractivity (Wildman–Crippen MR) is 118 cm³/mol. The number of amides is 1. The van der Waals surface area contributed by atoms with E-state index in [1.807, 2.05) is 55.5 Å². The van der Waals surface area contributed by atoms with Gasteiger partial charge >= 0.3 is 0 Å². The number of carbonyl (C=O) groups is 1. The SMILES string of the molecule is COc1cc2c(cc1OC)C1=NN(C(=O)c3ccccc3C)C(c3ccncc3)C1C2. The number of fused-ring (bicyclic) bond motifs is 3. The normalized spacial score (nSPS) is 18.9. The topological polar surface area (TPSA) is 64.0 Å². The highest BCUT2D eigenvalue weighted by atomic mass is 16.5. The Balaban J connectivity index is 1.63. The van der Waals surface area contributed by atoms with E-state index in [1.54, 1.807) is 31.6 Å². The molecule has 31 heavy (non-hydrogen) atoms. The standard InChI is InChI=1S/C25H23N3O3/c1-15-6-4-5-7-18(15)25(29)28-24(16-8-10-26-11-9-16)20-12-17-13-21(30-2)22(31-3)14-19(17)23(20)27-28/h4-11,13-14,20,24H,12H2,1-3H3. The number of benzene rings is 2. The lowest BCUT2D eigenvalue weighted by Crippen LogP contribution is -2.31. The summed E-state index contributed by atoms with van der Waals surface area (Å²) < 4.78 is 11.0. The molecule has 2 aromatic carbocycles. The van der Waals surface area contributed by atoms with Crippen molar-refractivity contribution in [3.8, 4) is 11.5 Å². The summed E-state index contributed by atoms with van der Waals surface area (Å²) >= 11 is 0. The van der Waals surface area contributed by atoms with E-state index < -0.39 is 0 Å². The fraction of sp³-hybridized carbons (Fsp3) is 0.240. The highest BCUT2D eigenvalue weighted by molar-refractivity contribution is 6.10. The minimum atomic E-state index is -0.200. The Morgan fingerprint density at radius 3 is 2.45 bits per heavy atom. The van der Waals surface area contributed by atoms with Crippen molar-refractivity contribution in [2.45, 2.75) is 19.4 Å². The van der Waals surface area contributed by atoms with Crippen molar-refractivity contribution in [1.82, 2.24) is 9.99 Å². The number of rotatable bonds is 4. The molecule has 1 aliphatic carbocycles. The zero-order valence-electron chi connectivity index (χ0n) is 17.7. The van der Waals surface area contributed by atoms with Gasteiger partial charge in [-0.2, -0.15) is 5.10 Å². The lowest BCUT2D eigenvalue weighted by Gasteiger charge is -2.26. The van der Waals surface area contributed by atoms with Crippen LogP contribution in [-0.4, -0.2) is 35.8 Å². The van der Waals surface area contributed by atoms with E-state index in [0.717, 1.165) is 34.4 Å². The Bertz CT molecular complexity index is 1190. The second kappa shape index (κ2) is 7.54. The van der Waals surface area contributed by atoms with E-state index in [1.165, 1.54) is 0 Å². The van der Waals surface area contributed by atoms with Crippen LogP contribution in [0.3, 0.4) is 0 Å². The van der Waals surface area contributed by atoms with Crippen LogP contribution in [0.2, 0.25) is 0 Å². The first-order chi connectivity index (χ1) is 15.1. The molecule has 1 amide bonds. The van der Waals surface area contributed by atoms with E-state index in [4.69, 9.17) is 14.6 Å². The smallest absolute Gasteiger partial charge is 0.274 e. The number of aromatic nitrogens is 1. The molecule has 6 heteroatoms. The Morgan fingerprint density at radius 1 is 1.03 bits per heavy atom. The van der Waals surface area contributed by atoms with Crippen LogP contribution in [-0.2, 0) is 6.42 Å². The van der Waals surface area contributed by atoms with Gasteiger partial charge in [0.05, 0.1) is 26.0 Å². The third kappa shape index (κ3) is 3.06. The number of carbonyl (C=O) groups excluding carboxylic acids is 1. The molecule has 5 rings (SSSR count). The van der Waals surface area contributed by atoms with Crippen LogP contribution in [0.15, 0.2) is 66.0 Å². The van der Waals surface area contributed by atoms with Gasteiger partial charge in [-0.25, -0.2) is 5.01 Å². The van der Waals surface area contributed by atoms with E-state index >= 15 is 0 Å². The van der Waals surface area contributed by atoms with Gasteiger partial charge in [-0.15, -0.1) is 0 Å². The number of hydrazone groups is 1. The molecule has 2 atom stereocenters. The number of methoxy groups -OCH3 is 2. The maximum absolute atomic E-state index is 13.6. The highest BCUT2D eigenvalue weighted by Crippen LogP contribution is 2.47. The number of nitrogens with zero attached hydrogens (tertiary/aromatic N) is 3. The summed E-state index contributed by atoms with van der Waals surface area (Å²) in [5.74, 6) is 1.33. The lowest BCUT2D eigenvalue weighted by atomic mass is 9.90. The molecule has 1 aliphatic heterocycles. The first-order valence-corrected chi connectivity index (χ1v) is 10.2. The van der Waals surface area contributed by atoms with Crippen LogP contribution < -0.4 is 9.47 Å². The van der Waals surface area contributed by atoms with Gasteiger partial charge in [-0.05, 0) is 60.4 Å². The van der Waals surface area contributed by atoms with Crippen LogP contribution in [0.5, 0.6) is 11.5 Å². The largest absolute Gasteiger partial charge is 0.493 e. The number of hydrogen-bond acceptors (Lipinski definition) is 5. The molecule has 3 aromatic rings. The summed E-state index contributed by atoms with van der Waals surface area (Å²) in [7, 11) is 3.26. The molecule has 2 heterocycles. The zero-order valence-corrected chi connectivity index (χ0v) is 17.7. The third-order valence-electron chi connectivity index (χ3n) is 6.17. The molecule has 0 radical (unpaired) electrons. The van der Waals surface area contributed by atoms with Crippen molar-refractivity contribution in [2.24, 2.45) is 11.0 Å². The summed E-state index contributed by atoms with van der Waals surface area (Å²) in [6.45, 7) is 1.95. The van der Waals surface area contributed by atoms with Crippen LogP contribution in [0.25, 0.3) is 0 Å². The van der Waals surface area contributed by atoms with Gasteiger partial charge in [0.2, 0.25) is 0 Å². The molecule has 0 fully saturated rings. The van der Waals surface area contributed by atoms with Gasteiger partial charge in [0.15, 0.2) is 11.5 Å².